The number of ether oxygens (including phenoxy) is 1. The summed E-state index contributed by atoms with van der Waals surface area (Å²) in [6, 6.07) is 0.272. The first-order chi connectivity index (χ1) is 7.53. The van der Waals surface area contributed by atoms with Crippen LogP contribution in [0.15, 0.2) is 0 Å². The highest BCUT2D eigenvalue weighted by molar-refractivity contribution is 14.1. The van der Waals surface area contributed by atoms with E-state index in [0.29, 0.717) is 18.4 Å². The molecule has 0 bridgehead atoms. The lowest BCUT2D eigenvalue weighted by atomic mass is 9.68. The molecule has 0 radical (unpaired) electrons. The van der Waals surface area contributed by atoms with E-state index in [1.54, 1.807) is 0 Å². The second-order valence-electron chi connectivity index (χ2n) is 4.80. The smallest absolute Gasteiger partial charge is 0.155 e. The van der Waals surface area contributed by atoms with Crippen molar-refractivity contribution >= 4 is 53.3 Å². The van der Waals surface area contributed by atoms with E-state index in [1.165, 1.54) is 0 Å². The lowest BCUT2D eigenvalue weighted by Crippen LogP contribution is -2.49. The second kappa shape index (κ2) is 6.54. The van der Waals surface area contributed by atoms with Crippen molar-refractivity contribution in [1.29, 1.82) is 0 Å². The Kier molecular flexibility index (Phi) is 6.32. The minimum atomic E-state index is -0.303. The van der Waals surface area contributed by atoms with Gasteiger partial charge in [-0.1, -0.05) is 27.6 Å². The van der Waals surface area contributed by atoms with Gasteiger partial charge in [-0.2, -0.15) is 0 Å². The van der Waals surface area contributed by atoms with Crippen LogP contribution in [-0.2, 0) is 10.9 Å². The average Bonchev–Trinajstić information content (AvgIpc) is 2.52. The van der Waals surface area contributed by atoms with Crippen molar-refractivity contribution in [2.75, 3.05) is 6.61 Å². The van der Waals surface area contributed by atoms with Gasteiger partial charge in [0, 0.05) is 11.9 Å². The molecule has 1 aliphatic heterocycles. The number of hydrogen-bond acceptors (Lipinski definition) is 3. The van der Waals surface area contributed by atoms with Crippen LogP contribution in [0.4, 0.5) is 0 Å². The first-order valence-corrected chi connectivity index (χ1v) is 7.48. The van der Waals surface area contributed by atoms with Crippen LogP contribution < -0.4 is 0 Å². The highest BCUT2D eigenvalue weighted by Crippen LogP contribution is 2.43. The van der Waals surface area contributed by atoms with Gasteiger partial charge in [-0.15, -0.1) is 0 Å². The van der Waals surface area contributed by atoms with Crippen molar-refractivity contribution in [1.82, 2.24) is 0 Å². The standard InChI is InChI=1S/C10H19BI2O3/c1-6(2)10(5-14-12)8(16-13)7(3)9(11-4)15-10/h6-9,11H,5H2,1-4H3/t7-,8+,9-,10+/m1/s1. The fourth-order valence-electron chi connectivity index (χ4n) is 2.54. The zero-order chi connectivity index (χ0) is 12.3. The fraction of sp³-hybridized carbons (Fsp3) is 1.00. The zero-order valence-corrected chi connectivity index (χ0v) is 14.5. The van der Waals surface area contributed by atoms with Crippen molar-refractivity contribution < 1.29 is 10.9 Å². The molecule has 94 valence electrons. The first kappa shape index (κ1) is 15.5. The Morgan fingerprint density at radius 2 is 2.06 bits per heavy atom. The summed E-state index contributed by atoms with van der Waals surface area (Å²) in [5, 5.41) is 0. The summed E-state index contributed by atoms with van der Waals surface area (Å²) >= 11 is 3.93. The summed E-state index contributed by atoms with van der Waals surface area (Å²) in [5.74, 6) is 0.789. The molecule has 0 saturated carbocycles. The Morgan fingerprint density at radius 3 is 2.44 bits per heavy atom. The van der Waals surface area contributed by atoms with Crippen LogP contribution in [0.1, 0.15) is 20.8 Å². The van der Waals surface area contributed by atoms with E-state index in [0.717, 1.165) is 7.28 Å². The van der Waals surface area contributed by atoms with Crippen LogP contribution in [0.25, 0.3) is 0 Å². The van der Waals surface area contributed by atoms with E-state index < -0.39 is 0 Å². The normalized spacial score (nSPS) is 39.3. The molecule has 0 aromatic carbocycles. The van der Waals surface area contributed by atoms with Gasteiger partial charge < -0.3 is 10.9 Å². The molecule has 0 unspecified atom stereocenters. The number of rotatable bonds is 5. The topological polar surface area (TPSA) is 27.7 Å². The van der Waals surface area contributed by atoms with Crippen molar-refractivity contribution in [3.8, 4) is 0 Å². The molecule has 1 rings (SSSR count). The third kappa shape index (κ3) is 2.70. The number of hydrogen-bond donors (Lipinski definition) is 0. The van der Waals surface area contributed by atoms with Gasteiger partial charge in [0.05, 0.1) is 6.61 Å². The Hall–Kier alpha value is 1.40. The average molecular weight is 452 g/mol. The second-order valence-corrected chi connectivity index (χ2v) is 5.93. The van der Waals surface area contributed by atoms with Gasteiger partial charge in [0.15, 0.2) is 7.28 Å². The van der Waals surface area contributed by atoms with Gasteiger partial charge in [0.1, 0.15) is 57.7 Å². The van der Waals surface area contributed by atoms with Gasteiger partial charge in [0.25, 0.3) is 0 Å². The molecule has 6 heteroatoms. The predicted molar refractivity (Wildman–Crippen MR) is 83.5 cm³/mol. The Bertz CT molecular complexity index is 230. The maximum atomic E-state index is 6.26. The molecular weight excluding hydrogens is 433 g/mol. The summed E-state index contributed by atoms with van der Waals surface area (Å²) < 4.78 is 17.2. The predicted octanol–water partition coefficient (Wildman–Crippen LogP) is 2.96. The first-order valence-electron chi connectivity index (χ1n) is 5.72. The largest absolute Gasteiger partial charge is 0.375 e. The highest BCUT2D eigenvalue weighted by atomic mass is 127. The summed E-state index contributed by atoms with van der Waals surface area (Å²) in [5.41, 5.74) is -0.303. The van der Waals surface area contributed by atoms with E-state index in [4.69, 9.17) is 10.9 Å². The van der Waals surface area contributed by atoms with E-state index in [9.17, 15) is 0 Å². The summed E-state index contributed by atoms with van der Waals surface area (Å²) in [4.78, 5) is 0. The molecular formula is C10H19BI2O3. The monoisotopic (exact) mass is 452 g/mol. The molecule has 16 heavy (non-hydrogen) atoms. The zero-order valence-electron chi connectivity index (χ0n) is 10.2. The maximum Gasteiger partial charge on any atom is 0.155 e. The molecule has 4 atom stereocenters. The van der Waals surface area contributed by atoms with Gasteiger partial charge >= 0.3 is 0 Å². The van der Waals surface area contributed by atoms with Crippen LogP contribution in [0.5, 0.6) is 0 Å². The molecule has 0 amide bonds. The van der Waals surface area contributed by atoms with E-state index in [2.05, 4.69) is 27.6 Å². The Labute approximate surface area is 127 Å². The molecule has 0 N–H and O–H groups in total. The molecule has 0 aliphatic carbocycles. The minimum Gasteiger partial charge on any atom is -0.375 e. The lowest BCUT2D eigenvalue weighted by molar-refractivity contribution is -0.100. The van der Waals surface area contributed by atoms with Crippen LogP contribution in [0, 0.1) is 11.8 Å². The van der Waals surface area contributed by atoms with Gasteiger partial charge in [-0.05, 0) is 5.92 Å². The van der Waals surface area contributed by atoms with Crippen molar-refractivity contribution in [3.63, 3.8) is 0 Å². The summed E-state index contributed by atoms with van der Waals surface area (Å²) in [6.45, 7) is 9.29. The summed E-state index contributed by atoms with van der Waals surface area (Å²) in [6.07, 6.45) is 0.104. The molecule has 1 aliphatic rings. The molecule has 1 fully saturated rings. The van der Waals surface area contributed by atoms with E-state index >= 15 is 0 Å². The van der Waals surface area contributed by atoms with E-state index in [1.807, 2.05) is 46.0 Å². The SMILES string of the molecule is CB[C@@H]1O[C@@](COI)(C(C)C)[C@@H](OI)[C@H]1C. The van der Waals surface area contributed by atoms with Crippen LogP contribution >= 0.6 is 46.0 Å². The maximum absolute atomic E-state index is 6.26. The highest BCUT2D eigenvalue weighted by Gasteiger charge is 2.55. The van der Waals surface area contributed by atoms with Gasteiger partial charge in [-0.25, -0.2) is 0 Å². The molecule has 0 aromatic rings. The van der Waals surface area contributed by atoms with Crippen molar-refractivity contribution in [3.05, 3.63) is 0 Å². The minimum absolute atomic E-state index is 0.104. The summed E-state index contributed by atoms with van der Waals surface area (Å²) in [7, 11) is 1.02. The van der Waals surface area contributed by atoms with Crippen molar-refractivity contribution in [2.24, 2.45) is 11.8 Å². The Balaban J connectivity index is 2.97. The van der Waals surface area contributed by atoms with Crippen LogP contribution in [0.3, 0.4) is 0 Å². The third-order valence-corrected chi connectivity index (χ3v) is 4.53. The third-order valence-electron chi connectivity index (χ3n) is 3.67. The van der Waals surface area contributed by atoms with Crippen LogP contribution in [0.2, 0.25) is 6.82 Å². The van der Waals surface area contributed by atoms with Crippen LogP contribution in [-0.4, -0.2) is 31.6 Å². The van der Waals surface area contributed by atoms with Crippen molar-refractivity contribution in [2.45, 2.75) is 45.3 Å². The molecule has 1 heterocycles. The molecule has 0 aromatic heterocycles. The molecule has 3 nitrogen and oxygen atoms in total. The van der Waals surface area contributed by atoms with Gasteiger partial charge in [-0.3, -0.25) is 0 Å². The fourth-order valence-corrected chi connectivity index (χ4v) is 3.92. The Morgan fingerprint density at radius 1 is 1.44 bits per heavy atom. The van der Waals surface area contributed by atoms with Gasteiger partial charge in [0.2, 0.25) is 0 Å². The lowest BCUT2D eigenvalue weighted by Gasteiger charge is -2.36. The number of halogens is 2. The quantitative estimate of drug-likeness (QED) is 0.475. The van der Waals surface area contributed by atoms with E-state index in [-0.39, 0.29) is 17.7 Å². The molecule has 0 spiro atoms. The molecule has 1 saturated heterocycles.